The lowest BCUT2D eigenvalue weighted by atomic mass is 10.1. The SMILES string of the molecule is COc1ccccc1NC(=O)N(CCO)Cc1cc2cc3c(cc2[nH]c1=O)OCO3. The molecule has 0 radical (unpaired) electrons. The number of fused-ring (bicyclic) bond motifs is 2. The number of urea groups is 1. The Morgan fingerprint density at radius 2 is 2.00 bits per heavy atom. The van der Waals surface area contributed by atoms with Crippen molar-refractivity contribution in [1.82, 2.24) is 9.88 Å². The number of aliphatic hydroxyl groups is 1. The van der Waals surface area contributed by atoms with E-state index in [1.54, 1.807) is 42.5 Å². The van der Waals surface area contributed by atoms with Crippen LogP contribution in [0.25, 0.3) is 10.9 Å². The van der Waals surface area contributed by atoms with E-state index in [4.69, 9.17) is 14.2 Å². The number of aliphatic hydroxyl groups excluding tert-OH is 1. The highest BCUT2D eigenvalue weighted by molar-refractivity contribution is 5.91. The number of benzene rings is 2. The predicted molar refractivity (Wildman–Crippen MR) is 110 cm³/mol. The summed E-state index contributed by atoms with van der Waals surface area (Å²) < 4.78 is 16.0. The molecule has 0 bridgehead atoms. The molecule has 1 aliphatic heterocycles. The Balaban J connectivity index is 1.60. The van der Waals surface area contributed by atoms with Crippen LogP contribution < -0.4 is 25.1 Å². The third-order valence-electron chi connectivity index (χ3n) is 4.78. The molecule has 0 unspecified atom stereocenters. The Kier molecular flexibility index (Phi) is 5.44. The zero-order valence-electron chi connectivity index (χ0n) is 16.3. The van der Waals surface area contributed by atoms with Crippen LogP contribution in [0.1, 0.15) is 5.56 Å². The van der Waals surface area contributed by atoms with Crippen molar-refractivity contribution in [3.05, 3.63) is 58.4 Å². The largest absolute Gasteiger partial charge is 0.495 e. The smallest absolute Gasteiger partial charge is 0.322 e. The van der Waals surface area contributed by atoms with Crippen molar-refractivity contribution in [2.75, 3.05) is 32.4 Å². The van der Waals surface area contributed by atoms with E-state index < -0.39 is 6.03 Å². The number of anilines is 1. The number of aromatic amines is 1. The molecule has 0 spiro atoms. The fourth-order valence-electron chi connectivity index (χ4n) is 3.28. The average molecular weight is 411 g/mol. The number of rotatable bonds is 6. The minimum atomic E-state index is -0.460. The van der Waals surface area contributed by atoms with Gasteiger partial charge >= 0.3 is 6.03 Å². The van der Waals surface area contributed by atoms with Crippen molar-refractivity contribution < 1.29 is 24.1 Å². The second-order valence-electron chi connectivity index (χ2n) is 6.69. The van der Waals surface area contributed by atoms with Gasteiger partial charge in [0.15, 0.2) is 11.5 Å². The van der Waals surface area contributed by atoms with Crippen LogP contribution in [0, 0.1) is 0 Å². The number of H-pyrrole nitrogens is 1. The Morgan fingerprint density at radius 3 is 2.77 bits per heavy atom. The Morgan fingerprint density at radius 1 is 1.23 bits per heavy atom. The molecule has 3 N–H and O–H groups in total. The zero-order valence-corrected chi connectivity index (χ0v) is 16.3. The summed E-state index contributed by atoms with van der Waals surface area (Å²) in [5, 5.41) is 12.9. The standard InChI is InChI=1S/C21H21N3O6/c1-28-17-5-3-2-4-15(17)23-21(27)24(6-7-25)11-14-8-13-9-18-19(30-12-29-18)10-16(13)22-20(14)26/h2-5,8-10,25H,6-7,11-12H2,1H3,(H,22,26)(H,23,27). The molecule has 1 aliphatic rings. The van der Waals surface area contributed by atoms with E-state index in [-0.39, 0.29) is 32.0 Å². The molecule has 0 aliphatic carbocycles. The van der Waals surface area contributed by atoms with Gasteiger partial charge < -0.3 is 34.5 Å². The summed E-state index contributed by atoms with van der Waals surface area (Å²) in [7, 11) is 1.51. The number of carbonyl (C=O) groups excluding carboxylic acids is 1. The van der Waals surface area contributed by atoms with Crippen molar-refractivity contribution >= 4 is 22.6 Å². The van der Waals surface area contributed by atoms with Gasteiger partial charge in [-0.25, -0.2) is 4.79 Å². The highest BCUT2D eigenvalue weighted by Crippen LogP contribution is 2.35. The molecule has 0 saturated heterocycles. The van der Waals surface area contributed by atoms with Gasteiger partial charge in [0.1, 0.15) is 5.75 Å². The molecular weight excluding hydrogens is 390 g/mol. The fraction of sp³-hybridized carbons (Fsp3) is 0.238. The maximum absolute atomic E-state index is 12.8. The van der Waals surface area contributed by atoms with E-state index in [1.165, 1.54) is 12.0 Å². The van der Waals surface area contributed by atoms with Crippen LogP contribution >= 0.6 is 0 Å². The van der Waals surface area contributed by atoms with Crippen LogP contribution in [-0.2, 0) is 6.54 Å². The molecule has 156 valence electrons. The summed E-state index contributed by atoms with van der Waals surface area (Å²) in [5.74, 6) is 1.68. The van der Waals surface area contributed by atoms with Gasteiger partial charge in [0.2, 0.25) is 6.79 Å². The third-order valence-corrected chi connectivity index (χ3v) is 4.78. The van der Waals surface area contributed by atoms with Gasteiger partial charge in [-0.2, -0.15) is 0 Å². The van der Waals surface area contributed by atoms with E-state index in [1.807, 2.05) is 0 Å². The quantitative estimate of drug-likeness (QED) is 0.574. The lowest BCUT2D eigenvalue weighted by Gasteiger charge is -2.22. The summed E-state index contributed by atoms with van der Waals surface area (Å²) in [6.45, 7) is -0.0412. The first-order valence-corrected chi connectivity index (χ1v) is 9.34. The molecule has 2 amide bonds. The first kappa shape index (κ1) is 19.6. The van der Waals surface area contributed by atoms with Gasteiger partial charge in [-0.15, -0.1) is 0 Å². The summed E-state index contributed by atoms with van der Waals surface area (Å²) in [4.78, 5) is 29.6. The van der Waals surface area contributed by atoms with Gasteiger partial charge in [-0.05, 0) is 24.3 Å². The zero-order chi connectivity index (χ0) is 21.1. The minimum absolute atomic E-state index is 0.0151. The van der Waals surface area contributed by atoms with Crippen molar-refractivity contribution in [2.45, 2.75) is 6.54 Å². The summed E-state index contributed by atoms with van der Waals surface area (Å²) in [5.41, 5.74) is 1.16. The Labute approximate surface area is 171 Å². The molecule has 4 rings (SSSR count). The molecule has 2 aromatic carbocycles. The molecule has 9 nitrogen and oxygen atoms in total. The first-order valence-electron chi connectivity index (χ1n) is 9.34. The van der Waals surface area contributed by atoms with Crippen molar-refractivity contribution in [3.8, 4) is 17.2 Å². The van der Waals surface area contributed by atoms with Crippen molar-refractivity contribution in [3.63, 3.8) is 0 Å². The lowest BCUT2D eigenvalue weighted by Crippen LogP contribution is -2.38. The van der Waals surface area contributed by atoms with Crippen LogP contribution in [0.2, 0.25) is 0 Å². The molecule has 30 heavy (non-hydrogen) atoms. The number of amides is 2. The van der Waals surface area contributed by atoms with Crippen LogP contribution in [0.3, 0.4) is 0 Å². The van der Waals surface area contributed by atoms with E-state index in [0.717, 1.165) is 5.39 Å². The number of hydrogen-bond acceptors (Lipinski definition) is 6. The summed E-state index contributed by atoms with van der Waals surface area (Å²) in [6, 6.07) is 11.7. The third kappa shape index (κ3) is 3.87. The predicted octanol–water partition coefficient (Wildman–Crippen LogP) is 2.29. The van der Waals surface area contributed by atoms with Gasteiger partial charge in [0.25, 0.3) is 5.56 Å². The van der Waals surface area contributed by atoms with E-state index in [9.17, 15) is 14.7 Å². The molecular formula is C21H21N3O6. The fourth-order valence-corrected chi connectivity index (χ4v) is 3.28. The molecule has 0 atom stereocenters. The number of carbonyl (C=O) groups is 1. The average Bonchev–Trinajstić information content (AvgIpc) is 3.20. The number of methoxy groups -OCH3 is 1. The van der Waals surface area contributed by atoms with Crippen LogP contribution in [0.15, 0.2) is 47.3 Å². The Bertz CT molecular complexity index is 1140. The highest BCUT2D eigenvalue weighted by Gasteiger charge is 2.19. The molecule has 3 aromatic rings. The van der Waals surface area contributed by atoms with Crippen LogP contribution in [0.4, 0.5) is 10.5 Å². The number of nitrogens with zero attached hydrogens (tertiary/aromatic N) is 1. The molecule has 1 aromatic heterocycles. The Hall–Kier alpha value is -3.72. The highest BCUT2D eigenvalue weighted by atomic mass is 16.7. The number of para-hydroxylation sites is 2. The molecule has 2 heterocycles. The van der Waals surface area contributed by atoms with Crippen molar-refractivity contribution in [2.24, 2.45) is 0 Å². The molecule has 9 heteroatoms. The summed E-state index contributed by atoms with van der Waals surface area (Å²) in [6.07, 6.45) is 0. The van der Waals surface area contributed by atoms with Gasteiger partial charge in [-0.3, -0.25) is 4.79 Å². The molecule has 0 saturated carbocycles. The van der Waals surface area contributed by atoms with Crippen LogP contribution in [0.5, 0.6) is 17.2 Å². The topological polar surface area (TPSA) is 113 Å². The first-order chi connectivity index (χ1) is 14.6. The number of pyridine rings is 1. The van der Waals surface area contributed by atoms with E-state index in [0.29, 0.717) is 34.0 Å². The lowest BCUT2D eigenvalue weighted by molar-refractivity contribution is 0.174. The monoisotopic (exact) mass is 411 g/mol. The number of hydrogen-bond donors (Lipinski definition) is 3. The minimum Gasteiger partial charge on any atom is -0.495 e. The van der Waals surface area contributed by atoms with E-state index >= 15 is 0 Å². The molecule has 0 fully saturated rings. The number of nitrogens with one attached hydrogen (secondary N) is 2. The van der Waals surface area contributed by atoms with Crippen LogP contribution in [-0.4, -0.2) is 48.1 Å². The van der Waals surface area contributed by atoms with Gasteiger partial charge in [0, 0.05) is 23.6 Å². The van der Waals surface area contributed by atoms with E-state index in [2.05, 4.69) is 10.3 Å². The van der Waals surface area contributed by atoms with Gasteiger partial charge in [0.05, 0.1) is 31.5 Å². The number of ether oxygens (including phenoxy) is 3. The normalized spacial score (nSPS) is 12.1. The van der Waals surface area contributed by atoms with Gasteiger partial charge in [-0.1, -0.05) is 12.1 Å². The second kappa shape index (κ2) is 8.34. The second-order valence-corrected chi connectivity index (χ2v) is 6.69. The maximum Gasteiger partial charge on any atom is 0.322 e. The number of aromatic nitrogens is 1. The maximum atomic E-state index is 12.8. The van der Waals surface area contributed by atoms with Crippen molar-refractivity contribution in [1.29, 1.82) is 0 Å². The summed E-state index contributed by atoms with van der Waals surface area (Å²) >= 11 is 0.